The van der Waals surface area contributed by atoms with Gasteiger partial charge in [-0.1, -0.05) is 48.5 Å². The highest BCUT2D eigenvalue weighted by atomic mass is 16.5. The third-order valence-electron chi connectivity index (χ3n) is 6.34. The molecule has 2 heterocycles. The molecule has 0 unspecified atom stereocenters. The second-order valence-corrected chi connectivity index (χ2v) is 8.54. The minimum atomic E-state index is 0.375. The number of aromatic nitrogens is 2. The predicted octanol–water partition coefficient (Wildman–Crippen LogP) is 4.67. The maximum atomic E-state index is 5.56. The SMILES string of the molecule is COc1ccccc1CN[C@H]1CCCN(CCCCNc2ncccn2)[C@H]1c1ccccc1. The Bertz CT molecular complexity index is 953. The van der Waals surface area contributed by atoms with Gasteiger partial charge in [0.1, 0.15) is 5.75 Å². The van der Waals surface area contributed by atoms with Gasteiger partial charge in [-0.25, -0.2) is 9.97 Å². The quantitative estimate of drug-likeness (QED) is 0.418. The van der Waals surface area contributed by atoms with Crippen molar-refractivity contribution in [2.24, 2.45) is 0 Å². The zero-order valence-electron chi connectivity index (χ0n) is 19.5. The number of likely N-dealkylation sites (tertiary alicyclic amines) is 1. The van der Waals surface area contributed by atoms with Crippen molar-refractivity contribution < 1.29 is 4.74 Å². The summed E-state index contributed by atoms with van der Waals surface area (Å²) >= 11 is 0. The maximum Gasteiger partial charge on any atom is 0.222 e. The molecule has 0 amide bonds. The van der Waals surface area contributed by atoms with E-state index in [1.165, 1.54) is 24.0 Å². The average Bonchev–Trinajstić information content (AvgIpc) is 2.88. The van der Waals surface area contributed by atoms with Crippen LogP contribution in [0, 0.1) is 0 Å². The molecular weight excluding hydrogens is 410 g/mol. The van der Waals surface area contributed by atoms with Crippen LogP contribution in [0.2, 0.25) is 0 Å². The number of anilines is 1. The van der Waals surface area contributed by atoms with E-state index < -0.39 is 0 Å². The molecule has 3 aromatic rings. The molecule has 1 saturated heterocycles. The van der Waals surface area contributed by atoms with Crippen LogP contribution in [0.5, 0.6) is 5.75 Å². The van der Waals surface area contributed by atoms with E-state index in [1.54, 1.807) is 19.5 Å². The molecule has 1 aromatic heterocycles. The molecule has 1 aliphatic heterocycles. The Hall–Kier alpha value is -2.96. The average molecular weight is 446 g/mol. The van der Waals surface area contributed by atoms with Crippen LogP contribution in [-0.2, 0) is 6.54 Å². The number of ether oxygens (including phenoxy) is 1. The molecule has 0 saturated carbocycles. The van der Waals surface area contributed by atoms with Crippen molar-refractivity contribution in [1.29, 1.82) is 0 Å². The fourth-order valence-corrected chi connectivity index (χ4v) is 4.74. The van der Waals surface area contributed by atoms with E-state index in [-0.39, 0.29) is 0 Å². The Morgan fingerprint density at radius 1 is 0.970 bits per heavy atom. The van der Waals surface area contributed by atoms with Gasteiger partial charge in [0.15, 0.2) is 0 Å². The van der Waals surface area contributed by atoms with Crippen LogP contribution in [0.4, 0.5) is 5.95 Å². The summed E-state index contributed by atoms with van der Waals surface area (Å²) < 4.78 is 5.56. The number of piperidine rings is 1. The van der Waals surface area contributed by atoms with Crippen molar-refractivity contribution in [1.82, 2.24) is 20.2 Å². The van der Waals surface area contributed by atoms with Gasteiger partial charge >= 0.3 is 0 Å². The van der Waals surface area contributed by atoms with E-state index in [0.29, 0.717) is 18.0 Å². The second kappa shape index (κ2) is 12.3. The standard InChI is InChI=1S/C27H35N5O/c1-33-25-15-6-5-13-23(25)21-31-24-14-9-20-32(26(24)22-11-3-2-4-12-22)19-8-7-16-28-27-29-17-10-18-30-27/h2-6,10-13,15,17-18,24,26,31H,7-9,14,16,19-21H2,1H3,(H,28,29,30)/t24-,26-/m0/s1. The minimum absolute atomic E-state index is 0.375. The van der Waals surface area contributed by atoms with E-state index in [4.69, 9.17) is 4.74 Å². The number of nitrogens with one attached hydrogen (secondary N) is 2. The maximum absolute atomic E-state index is 5.56. The number of unbranched alkanes of at least 4 members (excludes halogenated alkanes) is 1. The molecule has 4 rings (SSSR count). The third kappa shape index (κ3) is 6.53. The van der Waals surface area contributed by atoms with Gasteiger partial charge in [0.05, 0.1) is 13.2 Å². The first-order valence-corrected chi connectivity index (χ1v) is 12.0. The lowest BCUT2D eigenvalue weighted by molar-refractivity contribution is 0.109. The molecule has 0 radical (unpaired) electrons. The highest BCUT2D eigenvalue weighted by Crippen LogP contribution is 2.32. The fourth-order valence-electron chi connectivity index (χ4n) is 4.74. The van der Waals surface area contributed by atoms with Crippen LogP contribution < -0.4 is 15.4 Å². The van der Waals surface area contributed by atoms with Gasteiger partial charge < -0.3 is 15.4 Å². The van der Waals surface area contributed by atoms with E-state index >= 15 is 0 Å². The lowest BCUT2D eigenvalue weighted by atomic mass is 9.89. The molecule has 0 bridgehead atoms. The van der Waals surface area contributed by atoms with Crippen LogP contribution in [-0.4, -0.2) is 47.7 Å². The number of rotatable bonds is 11. The van der Waals surface area contributed by atoms with Gasteiger partial charge in [0.25, 0.3) is 0 Å². The fraction of sp³-hybridized carbons (Fsp3) is 0.407. The number of benzene rings is 2. The summed E-state index contributed by atoms with van der Waals surface area (Å²) in [4.78, 5) is 11.1. The topological polar surface area (TPSA) is 62.3 Å². The summed E-state index contributed by atoms with van der Waals surface area (Å²) in [5.74, 6) is 1.65. The van der Waals surface area contributed by atoms with Gasteiger partial charge in [-0.05, 0) is 56.5 Å². The molecule has 2 aromatic carbocycles. The van der Waals surface area contributed by atoms with E-state index in [9.17, 15) is 0 Å². The van der Waals surface area contributed by atoms with Gasteiger partial charge in [-0.3, -0.25) is 4.90 Å². The molecule has 0 aliphatic carbocycles. The number of nitrogens with zero attached hydrogens (tertiary/aromatic N) is 3. The zero-order valence-corrected chi connectivity index (χ0v) is 19.5. The molecule has 2 N–H and O–H groups in total. The Morgan fingerprint density at radius 3 is 2.58 bits per heavy atom. The molecular formula is C27H35N5O. The van der Waals surface area contributed by atoms with Crippen molar-refractivity contribution in [2.75, 3.05) is 32.1 Å². The number of methoxy groups -OCH3 is 1. The summed E-state index contributed by atoms with van der Waals surface area (Å²) in [7, 11) is 1.74. The first-order valence-electron chi connectivity index (χ1n) is 12.0. The van der Waals surface area contributed by atoms with Gasteiger partial charge in [-0.15, -0.1) is 0 Å². The lowest BCUT2D eigenvalue weighted by Crippen LogP contribution is -2.48. The van der Waals surface area contributed by atoms with Gasteiger partial charge in [0.2, 0.25) is 5.95 Å². The van der Waals surface area contributed by atoms with E-state index in [1.807, 2.05) is 18.2 Å². The van der Waals surface area contributed by atoms with Crippen molar-refractivity contribution in [3.8, 4) is 5.75 Å². The first-order chi connectivity index (χ1) is 16.3. The van der Waals surface area contributed by atoms with E-state index in [2.05, 4.69) is 68.0 Å². The second-order valence-electron chi connectivity index (χ2n) is 8.54. The van der Waals surface area contributed by atoms with Crippen LogP contribution in [0.25, 0.3) is 0 Å². The molecule has 33 heavy (non-hydrogen) atoms. The van der Waals surface area contributed by atoms with Crippen molar-refractivity contribution in [2.45, 2.75) is 44.3 Å². The molecule has 2 atom stereocenters. The van der Waals surface area contributed by atoms with Crippen LogP contribution in [0.3, 0.4) is 0 Å². The largest absolute Gasteiger partial charge is 0.496 e. The molecule has 1 fully saturated rings. The first kappa shape index (κ1) is 23.2. The molecule has 6 nitrogen and oxygen atoms in total. The predicted molar refractivity (Wildman–Crippen MR) is 133 cm³/mol. The normalized spacial score (nSPS) is 18.7. The van der Waals surface area contributed by atoms with Crippen molar-refractivity contribution in [3.05, 3.63) is 84.2 Å². The monoisotopic (exact) mass is 445 g/mol. The van der Waals surface area contributed by atoms with E-state index in [0.717, 1.165) is 44.8 Å². The summed E-state index contributed by atoms with van der Waals surface area (Å²) in [6.07, 6.45) is 8.16. The lowest BCUT2D eigenvalue weighted by Gasteiger charge is -2.42. The van der Waals surface area contributed by atoms with Gasteiger partial charge in [-0.2, -0.15) is 0 Å². The van der Waals surface area contributed by atoms with Gasteiger partial charge in [0, 0.05) is 37.1 Å². The molecule has 6 heteroatoms. The Labute approximate surface area is 197 Å². The number of hydrogen-bond donors (Lipinski definition) is 2. The van der Waals surface area contributed by atoms with Crippen LogP contribution in [0.15, 0.2) is 73.1 Å². The summed E-state index contributed by atoms with van der Waals surface area (Å²) in [5, 5.41) is 7.18. The highest BCUT2D eigenvalue weighted by Gasteiger charge is 2.32. The zero-order chi connectivity index (χ0) is 22.7. The smallest absolute Gasteiger partial charge is 0.222 e. The van der Waals surface area contributed by atoms with Crippen molar-refractivity contribution in [3.63, 3.8) is 0 Å². The number of hydrogen-bond acceptors (Lipinski definition) is 6. The summed E-state index contributed by atoms with van der Waals surface area (Å²) in [5.41, 5.74) is 2.60. The number of para-hydroxylation sites is 1. The Balaban J connectivity index is 1.37. The Morgan fingerprint density at radius 2 is 1.76 bits per heavy atom. The minimum Gasteiger partial charge on any atom is -0.496 e. The molecule has 174 valence electrons. The summed E-state index contributed by atoms with van der Waals surface area (Å²) in [6, 6.07) is 21.9. The van der Waals surface area contributed by atoms with Crippen LogP contribution >= 0.6 is 0 Å². The Kier molecular flexibility index (Phi) is 8.67. The van der Waals surface area contributed by atoms with Crippen molar-refractivity contribution >= 4 is 5.95 Å². The molecule has 0 spiro atoms. The third-order valence-corrected chi connectivity index (χ3v) is 6.34. The van der Waals surface area contributed by atoms with Crippen LogP contribution in [0.1, 0.15) is 42.9 Å². The summed E-state index contributed by atoms with van der Waals surface area (Å²) in [6.45, 7) is 3.93. The molecule has 1 aliphatic rings. The highest BCUT2D eigenvalue weighted by molar-refractivity contribution is 5.33.